The fraction of sp³-hybridized carbons (Fsp3) is 0.875. The summed E-state index contributed by atoms with van der Waals surface area (Å²) in [4.78, 5) is 10.8. The molecule has 0 saturated carbocycles. The Labute approximate surface area is 73.5 Å². The van der Waals surface area contributed by atoms with E-state index in [0.29, 0.717) is 25.6 Å². The highest BCUT2D eigenvalue weighted by Crippen LogP contribution is 1.92. The largest absolute Gasteiger partial charge is 0.449 e. The molecular weight excluding hydrogens is 156 g/mol. The lowest BCUT2D eigenvalue weighted by atomic mass is 10.2. The summed E-state index contributed by atoms with van der Waals surface area (Å²) >= 11 is 0. The zero-order valence-corrected chi connectivity index (χ0v) is 7.80. The first-order valence-corrected chi connectivity index (χ1v) is 4.27. The fourth-order valence-corrected chi connectivity index (χ4v) is 0.586. The van der Waals surface area contributed by atoms with Crippen molar-refractivity contribution >= 4 is 6.09 Å². The van der Waals surface area contributed by atoms with E-state index in [0.717, 1.165) is 6.42 Å². The number of carbonyl (C=O) groups excluding carboxylic acids is 1. The van der Waals surface area contributed by atoms with E-state index in [1.165, 1.54) is 0 Å². The minimum Gasteiger partial charge on any atom is -0.449 e. The summed E-state index contributed by atoms with van der Waals surface area (Å²) in [6.07, 6.45) is 0.439. The zero-order valence-electron chi connectivity index (χ0n) is 7.80. The first-order chi connectivity index (χ1) is 5.66. The Balaban J connectivity index is 3.22. The molecule has 3 N–H and O–H groups in total. The number of ether oxygens (including phenoxy) is 1. The molecule has 0 aromatic rings. The number of hydrogen-bond donors (Lipinski definition) is 2. The van der Waals surface area contributed by atoms with E-state index in [9.17, 15) is 4.79 Å². The summed E-state index contributed by atoms with van der Waals surface area (Å²) in [6.45, 7) is 5.63. The normalized spacial score (nSPS) is 10.0. The number of nitrogens with one attached hydrogen (secondary N) is 1. The Morgan fingerprint density at radius 3 is 2.75 bits per heavy atom. The lowest BCUT2D eigenvalue weighted by molar-refractivity contribution is 0.133. The van der Waals surface area contributed by atoms with Crippen molar-refractivity contribution in [2.24, 2.45) is 11.7 Å². The van der Waals surface area contributed by atoms with E-state index in [1.54, 1.807) is 0 Å². The standard InChI is InChI=1S/C8H18N2O2/c1-7(2)6-12-8(11)10-5-3-4-9/h7H,3-6,9H2,1-2H3,(H,10,11). The van der Waals surface area contributed by atoms with Crippen LogP contribution in [0, 0.1) is 5.92 Å². The van der Waals surface area contributed by atoms with Crippen LogP contribution in [0.3, 0.4) is 0 Å². The third-order valence-corrected chi connectivity index (χ3v) is 1.20. The summed E-state index contributed by atoms with van der Waals surface area (Å²) in [5.41, 5.74) is 5.24. The van der Waals surface area contributed by atoms with Crippen LogP contribution >= 0.6 is 0 Å². The van der Waals surface area contributed by atoms with Crippen LogP contribution in [0.4, 0.5) is 4.79 Å². The molecule has 0 saturated heterocycles. The second kappa shape index (κ2) is 6.91. The van der Waals surface area contributed by atoms with Crippen LogP contribution in [0.5, 0.6) is 0 Å². The van der Waals surface area contributed by atoms with E-state index < -0.39 is 0 Å². The molecule has 0 fully saturated rings. The molecule has 12 heavy (non-hydrogen) atoms. The van der Waals surface area contributed by atoms with Gasteiger partial charge in [0.15, 0.2) is 0 Å². The van der Waals surface area contributed by atoms with Crippen LogP contribution in [0.25, 0.3) is 0 Å². The van der Waals surface area contributed by atoms with Crippen molar-refractivity contribution in [2.75, 3.05) is 19.7 Å². The second-order valence-electron chi connectivity index (χ2n) is 3.06. The highest BCUT2D eigenvalue weighted by Gasteiger charge is 2.01. The van der Waals surface area contributed by atoms with E-state index in [2.05, 4.69) is 5.32 Å². The maximum atomic E-state index is 10.8. The summed E-state index contributed by atoms with van der Waals surface area (Å²) < 4.78 is 4.86. The van der Waals surface area contributed by atoms with Crippen molar-refractivity contribution in [3.63, 3.8) is 0 Å². The molecule has 0 aliphatic rings. The van der Waals surface area contributed by atoms with Crippen LogP contribution in [-0.4, -0.2) is 25.8 Å². The average Bonchev–Trinajstić information content (AvgIpc) is 2.01. The van der Waals surface area contributed by atoms with Gasteiger partial charge in [0.1, 0.15) is 0 Å². The number of rotatable bonds is 5. The van der Waals surface area contributed by atoms with Gasteiger partial charge in [-0.25, -0.2) is 4.79 Å². The van der Waals surface area contributed by atoms with Crippen molar-refractivity contribution in [1.29, 1.82) is 0 Å². The van der Waals surface area contributed by atoms with E-state index in [-0.39, 0.29) is 6.09 Å². The molecule has 0 spiro atoms. The van der Waals surface area contributed by atoms with Gasteiger partial charge in [0.25, 0.3) is 0 Å². The molecule has 0 bridgehead atoms. The van der Waals surface area contributed by atoms with Crippen LogP contribution in [-0.2, 0) is 4.74 Å². The molecule has 0 atom stereocenters. The van der Waals surface area contributed by atoms with Crippen molar-refractivity contribution in [3.8, 4) is 0 Å². The Bertz CT molecular complexity index is 126. The Kier molecular flexibility index (Phi) is 6.47. The molecule has 0 heterocycles. The zero-order chi connectivity index (χ0) is 9.40. The fourth-order valence-electron chi connectivity index (χ4n) is 0.586. The van der Waals surface area contributed by atoms with Crippen LogP contribution < -0.4 is 11.1 Å². The maximum absolute atomic E-state index is 10.8. The van der Waals surface area contributed by atoms with Crippen molar-refractivity contribution < 1.29 is 9.53 Å². The number of nitrogens with two attached hydrogens (primary N) is 1. The third kappa shape index (κ3) is 7.34. The average molecular weight is 174 g/mol. The van der Waals surface area contributed by atoms with Crippen LogP contribution in [0.15, 0.2) is 0 Å². The molecule has 0 aliphatic carbocycles. The predicted molar refractivity (Wildman–Crippen MR) is 47.9 cm³/mol. The van der Waals surface area contributed by atoms with Gasteiger partial charge in [-0.1, -0.05) is 13.8 Å². The molecule has 0 aromatic heterocycles. The van der Waals surface area contributed by atoms with E-state index >= 15 is 0 Å². The molecule has 0 unspecified atom stereocenters. The van der Waals surface area contributed by atoms with Gasteiger partial charge in [-0.05, 0) is 18.9 Å². The van der Waals surface area contributed by atoms with Gasteiger partial charge < -0.3 is 15.8 Å². The lowest BCUT2D eigenvalue weighted by Crippen LogP contribution is -2.27. The van der Waals surface area contributed by atoms with Gasteiger partial charge in [0.2, 0.25) is 0 Å². The quantitative estimate of drug-likeness (QED) is 0.603. The Morgan fingerprint density at radius 1 is 1.58 bits per heavy atom. The van der Waals surface area contributed by atoms with Crippen LogP contribution in [0.2, 0.25) is 0 Å². The molecule has 0 radical (unpaired) electrons. The van der Waals surface area contributed by atoms with Gasteiger partial charge in [0.05, 0.1) is 6.61 Å². The van der Waals surface area contributed by atoms with E-state index in [4.69, 9.17) is 10.5 Å². The highest BCUT2D eigenvalue weighted by atomic mass is 16.5. The Morgan fingerprint density at radius 2 is 2.25 bits per heavy atom. The number of hydrogen-bond acceptors (Lipinski definition) is 3. The second-order valence-corrected chi connectivity index (χ2v) is 3.06. The SMILES string of the molecule is CC(C)COC(=O)NCCCN. The van der Waals surface area contributed by atoms with Crippen LogP contribution in [0.1, 0.15) is 20.3 Å². The number of alkyl carbamates (subject to hydrolysis) is 1. The molecule has 0 aliphatic heterocycles. The molecule has 0 aromatic carbocycles. The first kappa shape index (κ1) is 11.2. The number of carbonyl (C=O) groups is 1. The van der Waals surface area contributed by atoms with Gasteiger partial charge >= 0.3 is 6.09 Å². The van der Waals surface area contributed by atoms with Crippen molar-refractivity contribution in [1.82, 2.24) is 5.32 Å². The predicted octanol–water partition coefficient (Wildman–Crippen LogP) is 0.717. The molecule has 72 valence electrons. The minimum atomic E-state index is -0.350. The highest BCUT2D eigenvalue weighted by molar-refractivity contribution is 5.66. The van der Waals surface area contributed by atoms with Crippen molar-refractivity contribution in [2.45, 2.75) is 20.3 Å². The summed E-state index contributed by atoms with van der Waals surface area (Å²) in [5, 5.41) is 2.60. The summed E-state index contributed by atoms with van der Waals surface area (Å²) in [7, 11) is 0. The molecule has 1 amide bonds. The maximum Gasteiger partial charge on any atom is 0.407 e. The minimum absolute atomic E-state index is 0.350. The number of amides is 1. The van der Waals surface area contributed by atoms with Gasteiger partial charge in [0, 0.05) is 6.54 Å². The smallest absolute Gasteiger partial charge is 0.407 e. The summed E-state index contributed by atoms with van der Waals surface area (Å²) in [6, 6.07) is 0. The topological polar surface area (TPSA) is 64.3 Å². The third-order valence-electron chi connectivity index (χ3n) is 1.20. The molecule has 4 nitrogen and oxygen atoms in total. The lowest BCUT2D eigenvalue weighted by Gasteiger charge is -2.07. The van der Waals surface area contributed by atoms with E-state index in [1.807, 2.05) is 13.8 Å². The van der Waals surface area contributed by atoms with Gasteiger partial charge in [-0.2, -0.15) is 0 Å². The molecular formula is C8H18N2O2. The molecule has 0 rings (SSSR count). The Hall–Kier alpha value is -0.770. The van der Waals surface area contributed by atoms with Crippen molar-refractivity contribution in [3.05, 3.63) is 0 Å². The monoisotopic (exact) mass is 174 g/mol. The molecule has 4 heteroatoms. The van der Waals surface area contributed by atoms with Gasteiger partial charge in [-0.3, -0.25) is 0 Å². The first-order valence-electron chi connectivity index (χ1n) is 4.27. The van der Waals surface area contributed by atoms with Gasteiger partial charge in [-0.15, -0.1) is 0 Å². The summed E-state index contributed by atoms with van der Waals surface area (Å²) in [5.74, 6) is 0.380.